The van der Waals surface area contributed by atoms with Crippen molar-refractivity contribution in [3.8, 4) is 0 Å². The third-order valence-corrected chi connectivity index (χ3v) is 4.67. The molecule has 0 aromatic carbocycles. The van der Waals surface area contributed by atoms with Gasteiger partial charge in [0.15, 0.2) is 0 Å². The van der Waals surface area contributed by atoms with Crippen molar-refractivity contribution in [1.29, 1.82) is 0 Å². The Morgan fingerprint density at radius 1 is 1.29 bits per heavy atom. The van der Waals surface area contributed by atoms with Crippen LogP contribution in [-0.4, -0.2) is 35.1 Å². The van der Waals surface area contributed by atoms with E-state index < -0.39 is 6.04 Å². The number of esters is 1. The highest BCUT2D eigenvalue weighted by molar-refractivity contribution is 7.18. The van der Waals surface area contributed by atoms with Gasteiger partial charge in [0.25, 0.3) is 0 Å². The van der Waals surface area contributed by atoms with Crippen molar-refractivity contribution < 1.29 is 9.53 Å². The number of aromatic nitrogens is 2. The van der Waals surface area contributed by atoms with E-state index in [1.54, 1.807) is 17.7 Å². The van der Waals surface area contributed by atoms with E-state index in [0.29, 0.717) is 0 Å². The van der Waals surface area contributed by atoms with Crippen LogP contribution in [0, 0.1) is 13.8 Å². The van der Waals surface area contributed by atoms with Gasteiger partial charge in [-0.15, -0.1) is 11.3 Å². The lowest BCUT2D eigenvalue weighted by Crippen LogP contribution is -2.38. The Hall–Kier alpha value is -1.69. The fourth-order valence-corrected chi connectivity index (χ4v) is 3.10. The summed E-state index contributed by atoms with van der Waals surface area (Å²) in [6.07, 6.45) is 1.42. The average molecular weight is 307 g/mol. The first-order chi connectivity index (χ1) is 9.82. The maximum absolute atomic E-state index is 12.1. The van der Waals surface area contributed by atoms with Crippen molar-refractivity contribution in [3.05, 3.63) is 16.8 Å². The molecule has 21 heavy (non-hydrogen) atoms. The minimum absolute atomic E-state index is 0.121. The number of carbonyl (C=O) groups excluding carboxylic acids is 1. The van der Waals surface area contributed by atoms with Gasteiger partial charge < -0.3 is 9.64 Å². The number of anilines is 1. The van der Waals surface area contributed by atoms with Crippen molar-refractivity contribution in [2.45, 2.75) is 46.8 Å². The first-order valence-electron chi connectivity index (χ1n) is 6.97. The van der Waals surface area contributed by atoms with E-state index in [4.69, 9.17) is 4.74 Å². The number of rotatable bonds is 4. The van der Waals surface area contributed by atoms with Crippen LogP contribution in [0.15, 0.2) is 6.33 Å². The van der Waals surface area contributed by atoms with E-state index in [0.717, 1.165) is 16.0 Å². The van der Waals surface area contributed by atoms with Crippen LogP contribution in [0.2, 0.25) is 0 Å². The molecule has 0 spiro atoms. The lowest BCUT2D eigenvalue weighted by molar-refractivity contribution is -0.148. The molecule has 0 saturated carbocycles. The zero-order chi connectivity index (χ0) is 15.7. The van der Waals surface area contributed by atoms with Gasteiger partial charge in [0.1, 0.15) is 23.0 Å². The lowest BCUT2D eigenvalue weighted by atomic mass is 10.2. The number of ether oxygens (including phenoxy) is 1. The minimum atomic E-state index is -0.398. The molecule has 1 atom stereocenters. The van der Waals surface area contributed by atoms with Gasteiger partial charge in [-0.1, -0.05) is 0 Å². The minimum Gasteiger partial charge on any atom is -0.461 e. The average Bonchev–Trinajstić information content (AvgIpc) is 2.72. The maximum Gasteiger partial charge on any atom is 0.328 e. The number of thiophene rings is 1. The predicted molar refractivity (Wildman–Crippen MR) is 86.0 cm³/mol. The van der Waals surface area contributed by atoms with Crippen molar-refractivity contribution in [1.82, 2.24) is 9.97 Å². The van der Waals surface area contributed by atoms with Crippen LogP contribution >= 0.6 is 11.3 Å². The van der Waals surface area contributed by atoms with Gasteiger partial charge >= 0.3 is 5.97 Å². The Labute approximate surface area is 129 Å². The largest absolute Gasteiger partial charge is 0.461 e. The number of likely N-dealkylation sites (N-methyl/N-ethyl adjacent to an activating group) is 1. The molecule has 2 aromatic rings. The quantitative estimate of drug-likeness (QED) is 0.812. The molecule has 0 bridgehead atoms. The smallest absolute Gasteiger partial charge is 0.328 e. The third kappa shape index (κ3) is 3.00. The fraction of sp³-hybridized carbons (Fsp3) is 0.533. The second-order valence-corrected chi connectivity index (χ2v) is 6.64. The van der Waals surface area contributed by atoms with Crippen molar-refractivity contribution in [2.24, 2.45) is 0 Å². The molecular formula is C15H21N3O2S. The summed E-state index contributed by atoms with van der Waals surface area (Å²) >= 11 is 1.65. The summed E-state index contributed by atoms with van der Waals surface area (Å²) in [6, 6.07) is -0.398. The predicted octanol–water partition coefficient (Wildman–Crippen LogP) is 3.08. The third-order valence-electron chi connectivity index (χ3n) is 3.55. The standard InChI is InChI=1S/C15H21N3O2S/c1-8(2)20-15(19)10(4)18(6)13-12-9(3)11(5)21-14(12)17-7-16-13/h7-8,10H,1-6H3/t10-/m1/s1. The van der Waals surface area contributed by atoms with Crippen LogP contribution in [0.5, 0.6) is 0 Å². The Morgan fingerprint density at radius 3 is 2.57 bits per heavy atom. The molecule has 2 rings (SSSR count). The number of nitrogens with zero attached hydrogens (tertiary/aromatic N) is 3. The molecule has 6 heteroatoms. The highest BCUT2D eigenvalue weighted by Gasteiger charge is 2.24. The molecule has 0 unspecified atom stereocenters. The SMILES string of the molecule is Cc1sc2ncnc(N(C)[C@H](C)C(=O)OC(C)C)c2c1C. The second kappa shape index (κ2) is 5.97. The first kappa shape index (κ1) is 15.7. The number of aryl methyl sites for hydroxylation is 2. The molecule has 0 saturated heterocycles. The summed E-state index contributed by atoms with van der Waals surface area (Å²) in [5.74, 6) is 0.527. The van der Waals surface area contributed by atoms with E-state index in [1.165, 1.54) is 10.4 Å². The van der Waals surface area contributed by atoms with Crippen molar-refractivity contribution in [2.75, 3.05) is 11.9 Å². The molecule has 0 fully saturated rings. The van der Waals surface area contributed by atoms with Crippen LogP contribution in [0.4, 0.5) is 5.82 Å². The van der Waals surface area contributed by atoms with Gasteiger partial charge in [0.05, 0.1) is 11.5 Å². The number of fused-ring (bicyclic) bond motifs is 1. The van der Waals surface area contributed by atoms with Gasteiger partial charge in [-0.2, -0.15) is 0 Å². The van der Waals surface area contributed by atoms with Crippen LogP contribution in [0.25, 0.3) is 10.2 Å². The molecule has 0 aliphatic heterocycles. The van der Waals surface area contributed by atoms with Gasteiger partial charge in [-0.25, -0.2) is 14.8 Å². The molecule has 0 amide bonds. The Kier molecular flexibility index (Phi) is 4.46. The number of hydrogen-bond acceptors (Lipinski definition) is 6. The zero-order valence-electron chi connectivity index (χ0n) is 13.3. The Balaban J connectivity index is 2.39. The van der Waals surface area contributed by atoms with Gasteiger partial charge in [-0.05, 0) is 40.2 Å². The molecular weight excluding hydrogens is 286 g/mol. The maximum atomic E-state index is 12.1. The van der Waals surface area contributed by atoms with Crippen LogP contribution in [-0.2, 0) is 9.53 Å². The van der Waals surface area contributed by atoms with E-state index in [1.807, 2.05) is 32.7 Å². The molecule has 0 aliphatic carbocycles. The van der Waals surface area contributed by atoms with E-state index in [-0.39, 0.29) is 12.1 Å². The molecule has 0 aliphatic rings. The highest BCUT2D eigenvalue weighted by atomic mass is 32.1. The molecule has 2 aromatic heterocycles. The molecule has 0 N–H and O–H groups in total. The molecule has 0 radical (unpaired) electrons. The van der Waals surface area contributed by atoms with Gasteiger partial charge in [0, 0.05) is 11.9 Å². The topological polar surface area (TPSA) is 55.3 Å². The monoisotopic (exact) mass is 307 g/mol. The summed E-state index contributed by atoms with van der Waals surface area (Å²) in [4.78, 5) is 24.8. The van der Waals surface area contributed by atoms with Crippen LogP contribution < -0.4 is 4.90 Å². The normalized spacial score (nSPS) is 12.7. The summed E-state index contributed by atoms with van der Waals surface area (Å²) in [6.45, 7) is 9.65. The second-order valence-electron chi connectivity index (χ2n) is 5.43. The van der Waals surface area contributed by atoms with Gasteiger partial charge in [-0.3, -0.25) is 0 Å². The Bertz CT molecular complexity index is 666. The molecule has 5 nitrogen and oxygen atoms in total. The fourth-order valence-electron chi connectivity index (χ4n) is 2.10. The van der Waals surface area contributed by atoms with E-state index in [2.05, 4.69) is 23.8 Å². The number of carbonyl (C=O) groups is 1. The summed E-state index contributed by atoms with van der Waals surface area (Å²) in [5, 5.41) is 1.02. The molecule has 114 valence electrons. The summed E-state index contributed by atoms with van der Waals surface area (Å²) < 4.78 is 5.28. The number of hydrogen-bond donors (Lipinski definition) is 0. The Morgan fingerprint density at radius 2 is 1.95 bits per heavy atom. The van der Waals surface area contributed by atoms with E-state index in [9.17, 15) is 4.79 Å². The lowest BCUT2D eigenvalue weighted by Gasteiger charge is -2.25. The van der Waals surface area contributed by atoms with E-state index >= 15 is 0 Å². The zero-order valence-corrected chi connectivity index (χ0v) is 14.1. The summed E-state index contributed by atoms with van der Waals surface area (Å²) in [5.41, 5.74) is 1.17. The van der Waals surface area contributed by atoms with Crippen LogP contribution in [0.1, 0.15) is 31.2 Å². The van der Waals surface area contributed by atoms with Crippen molar-refractivity contribution in [3.63, 3.8) is 0 Å². The van der Waals surface area contributed by atoms with Crippen LogP contribution in [0.3, 0.4) is 0 Å². The summed E-state index contributed by atoms with van der Waals surface area (Å²) in [7, 11) is 1.86. The molecule has 2 heterocycles. The highest BCUT2D eigenvalue weighted by Crippen LogP contribution is 2.34. The van der Waals surface area contributed by atoms with Gasteiger partial charge in [0.2, 0.25) is 0 Å². The first-order valence-corrected chi connectivity index (χ1v) is 7.78. The van der Waals surface area contributed by atoms with Crippen molar-refractivity contribution >= 4 is 33.3 Å².